The maximum absolute atomic E-state index is 5.07. The van der Waals surface area contributed by atoms with Crippen molar-refractivity contribution < 1.29 is 0 Å². The number of imidazole rings is 1. The molecule has 2 aromatic heterocycles. The van der Waals surface area contributed by atoms with Gasteiger partial charge < -0.3 is 9.97 Å². The zero-order valence-electron chi connectivity index (χ0n) is 9.55. The number of benzene rings is 1. The largest absolute Gasteiger partial charge is 0.337 e. The molecule has 0 aliphatic rings. The van der Waals surface area contributed by atoms with Crippen molar-refractivity contribution in [2.45, 2.75) is 0 Å². The Morgan fingerprint density at radius 1 is 1.00 bits per heavy atom. The molecular weight excluding hydrogens is 242 g/mol. The Morgan fingerprint density at radius 2 is 1.83 bits per heavy atom. The van der Waals surface area contributed by atoms with E-state index in [1.54, 1.807) is 6.20 Å². The molecule has 0 amide bonds. The number of rotatable bonds is 2. The summed E-state index contributed by atoms with van der Waals surface area (Å²) in [4.78, 5) is 10.3. The summed E-state index contributed by atoms with van der Waals surface area (Å²) in [5.41, 5.74) is 4.29. The van der Waals surface area contributed by atoms with Crippen LogP contribution >= 0.6 is 12.2 Å². The van der Waals surface area contributed by atoms with E-state index in [0.717, 1.165) is 22.4 Å². The second kappa shape index (κ2) is 4.58. The molecule has 3 rings (SSSR count). The van der Waals surface area contributed by atoms with Crippen LogP contribution < -0.4 is 0 Å². The van der Waals surface area contributed by atoms with Gasteiger partial charge in [-0.3, -0.25) is 4.98 Å². The number of nitrogens with one attached hydrogen (secondary N) is 2. The lowest BCUT2D eigenvalue weighted by atomic mass is 10.0. The molecule has 88 valence electrons. The highest BCUT2D eigenvalue weighted by atomic mass is 32.1. The Kier molecular flexibility index (Phi) is 2.78. The molecule has 0 aliphatic heterocycles. The van der Waals surface area contributed by atoms with Gasteiger partial charge in [0.2, 0.25) is 0 Å². The lowest BCUT2D eigenvalue weighted by Crippen LogP contribution is -1.86. The highest BCUT2D eigenvalue weighted by Gasteiger charge is 2.07. The fourth-order valence-electron chi connectivity index (χ4n) is 1.95. The van der Waals surface area contributed by atoms with E-state index in [9.17, 15) is 0 Å². The van der Waals surface area contributed by atoms with Gasteiger partial charge in [0.15, 0.2) is 4.77 Å². The summed E-state index contributed by atoms with van der Waals surface area (Å²) in [5, 5.41) is 0. The second-order valence-electron chi connectivity index (χ2n) is 3.94. The van der Waals surface area contributed by atoms with Crippen LogP contribution in [0.25, 0.3) is 22.4 Å². The molecule has 0 atom stereocenters. The minimum absolute atomic E-state index is 0.626. The maximum atomic E-state index is 5.07. The standard InChI is InChI=1S/C14H11N3S/c18-14-16-9-13(17-14)11-6-7-15-8-12(11)10-4-2-1-3-5-10/h1-9H,(H2,16,17,18). The molecule has 18 heavy (non-hydrogen) atoms. The third-order valence-electron chi connectivity index (χ3n) is 2.79. The molecule has 2 heterocycles. The summed E-state index contributed by atoms with van der Waals surface area (Å²) < 4.78 is 0.626. The monoisotopic (exact) mass is 253 g/mol. The molecule has 0 saturated heterocycles. The Bertz CT molecular complexity index is 713. The molecule has 4 heteroatoms. The van der Waals surface area contributed by atoms with Crippen molar-refractivity contribution in [2.24, 2.45) is 0 Å². The van der Waals surface area contributed by atoms with Crippen molar-refractivity contribution in [2.75, 3.05) is 0 Å². The molecule has 0 radical (unpaired) electrons. The van der Waals surface area contributed by atoms with Crippen LogP contribution in [0.4, 0.5) is 0 Å². The average molecular weight is 253 g/mol. The number of aromatic amines is 2. The normalized spacial score (nSPS) is 10.4. The second-order valence-corrected chi connectivity index (χ2v) is 4.35. The van der Waals surface area contributed by atoms with Gasteiger partial charge in [0.1, 0.15) is 0 Å². The Labute approximate surface area is 110 Å². The minimum Gasteiger partial charge on any atom is -0.337 e. The van der Waals surface area contributed by atoms with Crippen LogP contribution in [0.2, 0.25) is 0 Å². The number of H-pyrrole nitrogens is 2. The first-order valence-corrected chi connectivity index (χ1v) is 6.03. The summed E-state index contributed by atoms with van der Waals surface area (Å²) in [7, 11) is 0. The number of nitrogens with zero attached hydrogens (tertiary/aromatic N) is 1. The first-order chi connectivity index (χ1) is 8.84. The molecule has 2 N–H and O–H groups in total. The summed E-state index contributed by atoms with van der Waals surface area (Å²) >= 11 is 5.07. The van der Waals surface area contributed by atoms with Gasteiger partial charge in [0.25, 0.3) is 0 Å². The molecule has 0 saturated carbocycles. The van der Waals surface area contributed by atoms with E-state index in [4.69, 9.17) is 12.2 Å². The van der Waals surface area contributed by atoms with Gasteiger partial charge >= 0.3 is 0 Å². The molecule has 0 aliphatic carbocycles. The van der Waals surface area contributed by atoms with Crippen LogP contribution in [-0.4, -0.2) is 15.0 Å². The van der Waals surface area contributed by atoms with Crippen LogP contribution in [0.3, 0.4) is 0 Å². The molecule has 3 nitrogen and oxygen atoms in total. The Hall–Kier alpha value is -2.20. The van der Waals surface area contributed by atoms with Crippen LogP contribution in [0.15, 0.2) is 55.0 Å². The van der Waals surface area contributed by atoms with Crippen molar-refractivity contribution in [1.82, 2.24) is 15.0 Å². The molecule has 0 fully saturated rings. The predicted octanol–water partition coefficient (Wildman–Crippen LogP) is 3.80. The zero-order valence-corrected chi connectivity index (χ0v) is 10.4. The SMILES string of the molecule is S=c1[nH]cc(-c2ccncc2-c2ccccc2)[nH]1. The highest BCUT2D eigenvalue weighted by molar-refractivity contribution is 7.71. The van der Waals surface area contributed by atoms with Crippen molar-refractivity contribution in [3.05, 3.63) is 59.8 Å². The van der Waals surface area contributed by atoms with Gasteiger partial charge in [-0.2, -0.15) is 0 Å². The van der Waals surface area contributed by atoms with Crippen LogP contribution in [0.1, 0.15) is 0 Å². The van der Waals surface area contributed by atoms with Gasteiger partial charge in [-0.05, 0) is 23.8 Å². The minimum atomic E-state index is 0.626. The zero-order chi connectivity index (χ0) is 12.4. The van der Waals surface area contributed by atoms with Crippen LogP contribution in [0.5, 0.6) is 0 Å². The summed E-state index contributed by atoms with van der Waals surface area (Å²) in [6.07, 6.45) is 5.53. The number of aromatic nitrogens is 3. The van der Waals surface area contributed by atoms with E-state index in [1.807, 2.05) is 36.7 Å². The lowest BCUT2D eigenvalue weighted by Gasteiger charge is -2.06. The first kappa shape index (κ1) is 10.9. The van der Waals surface area contributed by atoms with Crippen molar-refractivity contribution in [3.8, 4) is 22.4 Å². The van der Waals surface area contributed by atoms with Gasteiger partial charge in [0.05, 0.1) is 5.69 Å². The molecule has 0 unspecified atom stereocenters. The van der Waals surface area contributed by atoms with E-state index in [1.165, 1.54) is 0 Å². The molecule has 3 aromatic rings. The van der Waals surface area contributed by atoms with Crippen LogP contribution in [0, 0.1) is 4.77 Å². The summed E-state index contributed by atoms with van der Waals surface area (Å²) in [5.74, 6) is 0. The maximum Gasteiger partial charge on any atom is 0.174 e. The van der Waals surface area contributed by atoms with E-state index in [-0.39, 0.29) is 0 Å². The number of pyridine rings is 1. The summed E-state index contributed by atoms with van der Waals surface area (Å²) in [6, 6.07) is 12.2. The van der Waals surface area contributed by atoms with Gasteiger partial charge in [-0.15, -0.1) is 0 Å². The average Bonchev–Trinajstić information content (AvgIpc) is 2.86. The third kappa shape index (κ3) is 1.98. The fourth-order valence-corrected chi connectivity index (χ4v) is 2.12. The van der Waals surface area contributed by atoms with E-state index >= 15 is 0 Å². The van der Waals surface area contributed by atoms with Crippen molar-refractivity contribution >= 4 is 12.2 Å². The molecule has 0 bridgehead atoms. The third-order valence-corrected chi connectivity index (χ3v) is 3.01. The number of hydrogen-bond acceptors (Lipinski definition) is 2. The van der Waals surface area contributed by atoms with Gasteiger partial charge in [-0.1, -0.05) is 30.3 Å². The Morgan fingerprint density at radius 3 is 2.56 bits per heavy atom. The first-order valence-electron chi connectivity index (χ1n) is 5.62. The van der Waals surface area contributed by atoms with Crippen LogP contribution in [-0.2, 0) is 0 Å². The number of hydrogen-bond donors (Lipinski definition) is 2. The quantitative estimate of drug-likeness (QED) is 0.682. The van der Waals surface area contributed by atoms with E-state index < -0.39 is 0 Å². The van der Waals surface area contributed by atoms with Crippen molar-refractivity contribution in [1.29, 1.82) is 0 Å². The van der Waals surface area contributed by atoms with E-state index in [0.29, 0.717) is 4.77 Å². The van der Waals surface area contributed by atoms with Gasteiger partial charge in [0, 0.05) is 29.7 Å². The molecular formula is C14H11N3S. The summed E-state index contributed by atoms with van der Waals surface area (Å²) in [6.45, 7) is 0. The highest BCUT2D eigenvalue weighted by Crippen LogP contribution is 2.29. The van der Waals surface area contributed by atoms with Gasteiger partial charge in [-0.25, -0.2) is 0 Å². The fraction of sp³-hybridized carbons (Fsp3) is 0. The molecule has 0 spiro atoms. The molecule has 1 aromatic carbocycles. The lowest BCUT2D eigenvalue weighted by molar-refractivity contribution is 1.26. The predicted molar refractivity (Wildman–Crippen MR) is 74.6 cm³/mol. The topological polar surface area (TPSA) is 44.5 Å². The van der Waals surface area contributed by atoms with E-state index in [2.05, 4.69) is 27.1 Å². The van der Waals surface area contributed by atoms with Crippen molar-refractivity contribution in [3.63, 3.8) is 0 Å². The Balaban J connectivity index is 2.20. The smallest absolute Gasteiger partial charge is 0.174 e.